The van der Waals surface area contributed by atoms with Gasteiger partial charge in [0.2, 0.25) is 0 Å². The summed E-state index contributed by atoms with van der Waals surface area (Å²) in [6.45, 7) is 0.528. The molecule has 0 atom stereocenters. The van der Waals surface area contributed by atoms with Gasteiger partial charge in [-0.2, -0.15) is 5.26 Å². The molecular weight excluding hydrogens is 380 g/mol. The van der Waals surface area contributed by atoms with E-state index in [0.717, 1.165) is 11.6 Å². The van der Waals surface area contributed by atoms with Crippen molar-refractivity contribution in [1.82, 2.24) is 5.32 Å². The van der Waals surface area contributed by atoms with Crippen molar-refractivity contribution in [2.45, 2.75) is 13.0 Å². The van der Waals surface area contributed by atoms with Crippen molar-refractivity contribution in [2.75, 3.05) is 11.4 Å². The van der Waals surface area contributed by atoms with Gasteiger partial charge in [-0.05, 0) is 63.8 Å². The second kappa shape index (κ2) is 6.57. The Kier molecular flexibility index (Phi) is 4.49. The van der Waals surface area contributed by atoms with E-state index in [9.17, 15) is 13.6 Å². The van der Waals surface area contributed by atoms with E-state index in [1.807, 2.05) is 6.07 Å². The number of amides is 2. The van der Waals surface area contributed by atoms with Crippen LogP contribution in [0.2, 0.25) is 0 Å². The first kappa shape index (κ1) is 16.4. The predicted molar refractivity (Wildman–Crippen MR) is 88.5 cm³/mol. The van der Waals surface area contributed by atoms with Crippen molar-refractivity contribution in [3.05, 3.63) is 63.1 Å². The highest BCUT2D eigenvalue weighted by Gasteiger charge is 2.26. The van der Waals surface area contributed by atoms with Crippen LogP contribution in [0.4, 0.5) is 19.3 Å². The first-order valence-electron chi connectivity index (χ1n) is 7.21. The van der Waals surface area contributed by atoms with Gasteiger partial charge in [0.25, 0.3) is 0 Å². The maximum absolute atomic E-state index is 13.7. The number of nitrogens with one attached hydrogen (secondary N) is 1. The molecule has 3 rings (SSSR count). The van der Waals surface area contributed by atoms with Gasteiger partial charge in [0.15, 0.2) is 0 Å². The summed E-state index contributed by atoms with van der Waals surface area (Å²) in [5.41, 5.74) is 2.10. The smallest absolute Gasteiger partial charge is 0.322 e. The molecule has 1 aliphatic heterocycles. The Hall–Kier alpha value is -2.46. The number of anilines is 1. The zero-order chi connectivity index (χ0) is 17.3. The van der Waals surface area contributed by atoms with E-state index < -0.39 is 17.7 Å². The van der Waals surface area contributed by atoms with Crippen LogP contribution in [-0.4, -0.2) is 12.6 Å². The molecule has 0 aromatic heterocycles. The number of nitriles is 1. The Morgan fingerprint density at radius 2 is 2.08 bits per heavy atom. The number of benzene rings is 2. The van der Waals surface area contributed by atoms with Crippen molar-refractivity contribution in [3.8, 4) is 6.07 Å². The molecule has 2 amide bonds. The molecule has 0 spiro atoms. The monoisotopic (exact) mass is 391 g/mol. The van der Waals surface area contributed by atoms with Gasteiger partial charge < -0.3 is 5.32 Å². The van der Waals surface area contributed by atoms with E-state index in [2.05, 4.69) is 21.2 Å². The van der Waals surface area contributed by atoms with Crippen LogP contribution < -0.4 is 10.2 Å². The number of halogens is 3. The van der Waals surface area contributed by atoms with E-state index in [0.29, 0.717) is 28.7 Å². The Morgan fingerprint density at radius 1 is 1.29 bits per heavy atom. The normalized spacial score (nSPS) is 12.7. The molecule has 0 radical (unpaired) electrons. The van der Waals surface area contributed by atoms with Crippen LogP contribution in [0, 0.1) is 23.0 Å². The fraction of sp³-hybridized carbons (Fsp3) is 0.176. The maximum atomic E-state index is 13.7. The quantitative estimate of drug-likeness (QED) is 0.844. The number of carbonyl (C=O) groups excluding carboxylic acids is 1. The average molecular weight is 392 g/mol. The third kappa shape index (κ3) is 3.24. The minimum absolute atomic E-state index is 0.0795. The largest absolute Gasteiger partial charge is 0.334 e. The fourth-order valence-corrected chi connectivity index (χ4v) is 3.07. The highest BCUT2D eigenvalue weighted by atomic mass is 79.9. The molecule has 1 aliphatic rings. The number of urea groups is 1. The molecule has 0 saturated heterocycles. The molecule has 1 heterocycles. The zero-order valence-electron chi connectivity index (χ0n) is 12.4. The zero-order valence-corrected chi connectivity index (χ0v) is 14.0. The number of hydrogen-bond donors (Lipinski definition) is 1. The fourth-order valence-electron chi connectivity index (χ4n) is 2.68. The van der Waals surface area contributed by atoms with Crippen molar-refractivity contribution in [1.29, 1.82) is 5.26 Å². The van der Waals surface area contributed by atoms with Crippen molar-refractivity contribution in [2.24, 2.45) is 0 Å². The van der Waals surface area contributed by atoms with E-state index in [-0.39, 0.29) is 12.1 Å². The number of fused-ring (bicyclic) bond motifs is 1. The number of carbonyl (C=O) groups is 1. The van der Waals surface area contributed by atoms with Crippen LogP contribution in [0.25, 0.3) is 0 Å². The SMILES string of the molecule is N#Cc1cc(F)cc(CNC(=O)N2CCc3cc(Br)c(F)cc32)c1. The number of nitrogens with zero attached hydrogens (tertiary/aromatic N) is 2. The highest BCUT2D eigenvalue weighted by Crippen LogP contribution is 2.32. The molecule has 0 saturated carbocycles. The van der Waals surface area contributed by atoms with E-state index in [1.54, 1.807) is 6.07 Å². The molecule has 0 bridgehead atoms. The van der Waals surface area contributed by atoms with Crippen molar-refractivity contribution >= 4 is 27.6 Å². The average Bonchev–Trinajstić information content (AvgIpc) is 2.95. The molecule has 7 heteroatoms. The molecule has 122 valence electrons. The molecule has 1 N–H and O–H groups in total. The topological polar surface area (TPSA) is 56.1 Å². The molecule has 0 fully saturated rings. The van der Waals surface area contributed by atoms with Gasteiger partial charge in [0, 0.05) is 13.1 Å². The van der Waals surface area contributed by atoms with Crippen molar-refractivity contribution < 1.29 is 13.6 Å². The van der Waals surface area contributed by atoms with Crippen LogP contribution in [-0.2, 0) is 13.0 Å². The highest BCUT2D eigenvalue weighted by molar-refractivity contribution is 9.10. The van der Waals surface area contributed by atoms with Gasteiger partial charge in [0.1, 0.15) is 11.6 Å². The molecule has 2 aromatic carbocycles. The minimum Gasteiger partial charge on any atom is -0.334 e. The first-order chi connectivity index (χ1) is 11.5. The Morgan fingerprint density at radius 3 is 2.83 bits per heavy atom. The van der Waals surface area contributed by atoms with Gasteiger partial charge in [-0.3, -0.25) is 4.90 Å². The van der Waals surface area contributed by atoms with Gasteiger partial charge >= 0.3 is 6.03 Å². The lowest BCUT2D eigenvalue weighted by atomic mass is 10.1. The van der Waals surface area contributed by atoms with Gasteiger partial charge in [0.05, 0.1) is 21.8 Å². The van der Waals surface area contributed by atoms with E-state index in [1.165, 1.54) is 23.1 Å². The third-order valence-corrected chi connectivity index (χ3v) is 4.40. The number of rotatable bonds is 2. The standard InChI is InChI=1S/C17H12BrF2N3O/c18-14-6-12-1-2-23(16(12)7-15(14)20)17(24)22-9-11-3-10(8-21)4-13(19)5-11/h3-7H,1-2,9H2,(H,22,24). The molecule has 24 heavy (non-hydrogen) atoms. The number of hydrogen-bond acceptors (Lipinski definition) is 2. The van der Waals surface area contributed by atoms with Crippen LogP contribution in [0.15, 0.2) is 34.8 Å². The van der Waals surface area contributed by atoms with Gasteiger partial charge in [-0.25, -0.2) is 13.6 Å². The summed E-state index contributed by atoms with van der Waals surface area (Å²) in [5.74, 6) is -0.964. The first-order valence-corrected chi connectivity index (χ1v) is 8.00. The van der Waals surface area contributed by atoms with Gasteiger partial charge in [-0.1, -0.05) is 0 Å². The Bertz CT molecular complexity index is 864. The molecule has 4 nitrogen and oxygen atoms in total. The second-order valence-corrected chi connectivity index (χ2v) is 6.27. The Labute approximate surface area is 145 Å². The second-order valence-electron chi connectivity index (χ2n) is 5.42. The molecule has 2 aromatic rings. The summed E-state index contributed by atoms with van der Waals surface area (Å²) in [6.07, 6.45) is 0.639. The Balaban J connectivity index is 1.73. The van der Waals surface area contributed by atoms with Crippen LogP contribution in [0.3, 0.4) is 0 Å². The lowest BCUT2D eigenvalue weighted by Crippen LogP contribution is -2.38. The summed E-state index contributed by atoms with van der Waals surface area (Å²) in [7, 11) is 0. The predicted octanol–water partition coefficient (Wildman–Crippen LogP) is 3.87. The summed E-state index contributed by atoms with van der Waals surface area (Å²) in [4.78, 5) is 13.8. The lowest BCUT2D eigenvalue weighted by Gasteiger charge is -2.18. The van der Waals surface area contributed by atoms with Crippen LogP contribution in [0.5, 0.6) is 0 Å². The molecular formula is C17H12BrF2N3O. The van der Waals surface area contributed by atoms with Crippen LogP contribution in [0.1, 0.15) is 16.7 Å². The summed E-state index contributed by atoms with van der Waals surface area (Å²) in [5, 5.41) is 11.5. The maximum Gasteiger partial charge on any atom is 0.322 e. The molecule has 0 aliphatic carbocycles. The van der Waals surface area contributed by atoms with E-state index >= 15 is 0 Å². The van der Waals surface area contributed by atoms with Crippen molar-refractivity contribution in [3.63, 3.8) is 0 Å². The molecule has 0 unspecified atom stereocenters. The minimum atomic E-state index is -0.531. The van der Waals surface area contributed by atoms with Gasteiger partial charge in [-0.15, -0.1) is 0 Å². The summed E-state index contributed by atoms with van der Waals surface area (Å²) >= 11 is 3.13. The summed E-state index contributed by atoms with van der Waals surface area (Å²) < 4.78 is 27.5. The van der Waals surface area contributed by atoms with Crippen LogP contribution >= 0.6 is 15.9 Å². The van der Waals surface area contributed by atoms with E-state index in [4.69, 9.17) is 5.26 Å². The third-order valence-electron chi connectivity index (χ3n) is 3.79. The lowest BCUT2D eigenvalue weighted by molar-refractivity contribution is 0.246. The summed E-state index contributed by atoms with van der Waals surface area (Å²) in [6, 6.07) is 8.37.